The Hall–Kier alpha value is -3.33. The summed E-state index contributed by atoms with van der Waals surface area (Å²) in [4.78, 5) is 16.8. The number of hydrogen-bond acceptors (Lipinski definition) is 4. The Morgan fingerprint density at radius 1 is 1.03 bits per heavy atom. The van der Waals surface area contributed by atoms with Crippen LogP contribution in [0.5, 0.6) is 0 Å². The zero-order valence-electron chi connectivity index (χ0n) is 18.1. The molecule has 1 heterocycles. The number of alkyl halides is 3. The van der Waals surface area contributed by atoms with E-state index in [1.807, 2.05) is 4.57 Å². The molecule has 0 atom stereocenters. The van der Waals surface area contributed by atoms with E-state index in [0.29, 0.717) is 39.4 Å². The van der Waals surface area contributed by atoms with E-state index < -0.39 is 17.7 Å². The number of carbonyl (C=O) groups excluding carboxylic acids is 1. The van der Waals surface area contributed by atoms with E-state index in [2.05, 4.69) is 4.98 Å². The van der Waals surface area contributed by atoms with Gasteiger partial charge in [-0.05, 0) is 54.4 Å². The molecule has 0 amide bonds. The average Bonchev–Trinajstić information content (AvgIpc) is 3.14. The topological polar surface area (TPSA) is 44.1 Å². The van der Waals surface area contributed by atoms with Crippen LogP contribution in [0.2, 0.25) is 0 Å². The van der Waals surface area contributed by atoms with Crippen molar-refractivity contribution in [2.45, 2.75) is 30.6 Å². The molecule has 0 spiro atoms. The summed E-state index contributed by atoms with van der Waals surface area (Å²) < 4.78 is 59.9. The second-order valence-electron chi connectivity index (χ2n) is 7.52. The molecule has 0 bridgehead atoms. The van der Waals surface area contributed by atoms with Crippen LogP contribution in [0, 0.1) is 5.82 Å². The quantitative estimate of drug-likeness (QED) is 0.165. The number of benzene rings is 3. The first-order valence-corrected chi connectivity index (χ1v) is 11.4. The van der Waals surface area contributed by atoms with Gasteiger partial charge >= 0.3 is 12.1 Å². The monoisotopic (exact) mass is 488 g/mol. The lowest BCUT2D eigenvalue weighted by Crippen LogP contribution is -2.05. The van der Waals surface area contributed by atoms with Crippen molar-refractivity contribution in [2.24, 2.45) is 0 Å². The lowest BCUT2D eigenvalue weighted by molar-refractivity contribution is -0.137. The summed E-state index contributed by atoms with van der Waals surface area (Å²) in [6, 6.07) is 16.3. The largest absolute Gasteiger partial charge is 0.462 e. The van der Waals surface area contributed by atoms with Crippen molar-refractivity contribution >= 4 is 28.8 Å². The van der Waals surface area contributed by atoms with Crippen LogP contribution in [0.15, 0.2) is 71.9 Å². The van der Waals surface area contributed by atoms with Crippen LogP contribution in [0.4, 0.5) is 17.6 Å². The molecular weight excluding hydrogens is 468 g/mol. The maximum atomic E-state index is 13.8. The summed E-state index contributed by atoms with van der Waals surface area (Å²) in [7, 11) is 0. The zero-order valence-corrected chi connectivity index (χ0v) is 18.9. The van der Waals surface area contributed by atoms with Gasteiger partial charge in [0.2, 0.25) is 0 Å². The number of carbonyl (C=O) groups is 1. The Morgan fingerprint density at radius 3 is 2.53 bits per heavy atom. The summed E-state index contributed by atoms with van der Waals surface area (Å²) in [6.07, 6.45) is -4.42. The highest BCUT2D eigenvalue weighted by atomic mass is 32.2. The molecule has 0 aliphatic heterocycles. The predicted octanol–water partition coefficient (Wildman–Crippen LogP) is 6.71. The van der Waals surface area contributed by atoms with Crippen molar-refractivity contribution in [3.8, 4) is 0 Å². The third-order valence-electron chi connectivity index (χ3n) is 5.08. The maximum absolute atomic E-state index is 13.8. The molecule has 0 radical (unpaired) electrons. The minimum Gasteiger partial charge on any atom is -0.462 e. The van der Waals surface area contributed by atoms with Crippen molar-refractivity contribution in [3.05, 3.63) is 94.8 Å². The minimum atomic E-state index is -4.42. The summed E-state index contributed by atoms with van der Waals surface area (Å²) in [6.45, 7) is 2.26. The van der Waals surface area contributed by atoms with Crippen LogP contribution in [-0.2, 0) is 23.2 Å². The molecule has 0 saturated carbocycles. The van der Waals surface area contributed by atoms with Crippen LogP contribution in [0.25, 0.3) is 11.0 Å². The Labute approximate surface area is 197 Å². The third kappa shape index (κ3) is 5.41. The van der Waals surface area contributed by atoms with Gasteiger partial charge in [-0.2, -0.15) is 13.2 Å². The first-order valence-electron chi connectivity index (χ1n) is 10.5. The number of ether oxygens (including phenoxy) is 1. The SMILES string of the molecule is CCOC(=O)c1ccc2c(c1)nc(SCc1cccc(C(F)(F)F)c1)n2Cc1cccc(F)c1. The Balaban J connectivity index is 1.69. The number of fused-ring (bicyclic) bond motifs is 1. The zero-order chi connectivity index (χ0) is 24.3. The van der Waals surface area contributed by atoms with Gasteiger partial charge in [-0.15, -0.1) is 0 Å². The number of nitrogens with zero attached hydrogens (tertiary/aromatic N) is 2. The predicted molar refractivity (Wildman–Crippen MR) is 122 cm³/mol. The molecule has 4 aromatic rings. The van der Waals surface area contributed by atoms with Gasteiger partial charge in [0.1, 0.15) is 5.82 Å². The fraction of sp³-hybridized carbons (Fsp3) is 0.200. The van der Waals surface area contributed by atoms with E-state index >= 15 is 0 Å². The lowest BCUT2D eigenvalue weighted by Gasteiger charge is -2.11. The van der Waals surface area contributed by atoms with Gasteiger partial charge in [-0.1, -0.05) is 42.1 Å². The smallest absolute Gasteiger partial charge is 0.416 e. The molecule has 34 heavy (non-hydrogen) atoms. The summed E-state index contributed by atoms with van der Waals surface area (Å²) >= 11 is 1.27. The molecule has 0 fully saturated rings. The average molecular weight is 489 g/mol. The molecule has 4 rings (SSSR count). The van der Waals surface area contributed by atoms with E-state index in [4.69, 9.17) is 4.74 Å². The normalized spacial score (nSPS) is 11.7. The Bertz CT molecular complexity index is 1330. The van der Waals surface area contributed by atoms with Crippen molar-refractivity contribution in [2.75, 3.05) is 6.61 Å². The molecule has 176 valence electrons. The molecule has 4 nitrogen and oxygen atoms in total. The lowest BCUT2D eigenvalue weighted by atomic mass is 10.1. The fourth-order valence-electron chi connectivity index (χ4n) is 3.52. The van der Waals surface area contributed by atoms with Crippen LogP contribution in [0.1, 0.15) is 34.0 Å². The summed E-state index contributed by atoms with van der Waals surface area (Å²) in [5.74, 6) is -0.590. The van der Waals surface area contributed by atoms with Crippen molar-refractivity contribution < 1.29 is 27.1 Å². The molecular formula is C25H20F4N2O2S. The van der Waals surface area contributed by atoms with Gasteiger partial charge in [0.15, 0.2) is 5.16 Å². The Kier molecular flexibility index (Phi) is 6.92. The molecule has 0 N–H and O–H groups in total. The van der Waals surface area contributed by atoms with E-state index in [1.165, 1.54) is 30.0 Å². The van der Waals surface area contributed by atoms with Crippen LogP contribution in [0.3, 0.4) is 0 Å². The van der Waals surface area contributed by atoms with Gasteiger partial charge in [0, 0.05) is 5.75 Å². The van der Waals surface area contributed by atoms with Crippen molar-refractivity contribution in [3.63, 3.8) is 0 Å². The highest BCUT2D eigenvalue weighted by molar-refractivity contribution is 7.98. The molecule has 9 heteroatoms. The van der Waals surface area contributed by atoms with E-state index in [0.717, 1.165) is 12.1 Å². The minimum absolute atomic E-state index is 0.239. The van der Waals surface area contributed by atoms with Gasteiger partial charge in [0.05, 0.1) is 35.3 Å². The number of hydrogen-bond donors (Lipinski definition) is 0. The molecule has 3 aromatic carbocycles. The molecule has 0 aliphatic rings. The van der Waals surface area contributed by atoms with Crippen molar-refractivity contribution in [1.29, 1.82) is 0 Å². The van der Waals surface area contributed by atoms with E-state index in [-0.39, 0.29) is 18.2 Å². The second kappa shape index (κ2) is 9.89. The summed E-state index contributed by atoms with van der Waals surface area (Å²) in [5.41, 5.74) is 2.08. The van der Waals surface area contributed by atoms with Gasteiger partial charge in [-0.3, -0.25) is 0 Å². The van der Waals surface area contributed by atoms with Crippen LogP contribution < -0.4 is 0 Å². The highest BCUT2D eigenvalue weighted by Crippen LogP contribution is 2.32. The van der Waals surface area contributed by atoms with E-state index in [9.17, 15) is 22.4 Å². The van der Waals surface area contributed by atoms with Gasteiger partial charge < -0.3 is 9.30 Å². The first kappa shape index (κ1) is 23.8. The molecule has 0 unspecified atom stereocenters. The molecule has 0 aliphatic carbocycles. The third-order valence-corrected chi connectivity index (χ3v) is 6.12. The first-order chi connectivity index (χ1) is 16.2. The number of aromatic nitrogens is 2. The van der Waals surface area contributed by atoms with Crippen LogP contribution in [-0.4, -0.2) is 22.1 Å². The number of esters is 1. The fourth-order valence-corrected chi connectivity index (χ4v) is 4.47. The number of halogens is 4. The van der Waals surface area contributed by atoms with E-state index in [1.54, 1.807) is 43.3 Å². The number of thioether (sulfide) groups is 1. The maximum Gasteiger partial charge on any atom is 0.416 e. The standard InChI is InChI=1S/C25H20F4N2O2S/c1-2-33-23(32)18-9-10-22-21(13-18)30-24(31(22)14-16-5-4-8-20(26)12-16)34-15-17-6-3-7-19(11-17)25(27,28)29/h3-13H,2,14-15H2,1H3. The van der Waals surface area contributed by atoms with Crippen LogP contribution >= 0.6 is 11.8 Å². The molecule has 0 saturated heterocycles. The van der Waals surface area contributed by atoms with Gasteiger partial charge in [0.25, 0.3) is 0 Å². The number of imidazole rings is 1. The second-order valence-corrected chi connectivity index (χ2v) is 8.46. The number of rotatable bonds is 7. The molecule has 1 aromatic heterocycles. The Morgan fingerprint density at radius 2 is 1.79 bits per heavy atom. The van der Waals surface area contributed by atoms with Gasteiger partial charge in [-0.25, -0.2) is 14.2 Å². The summed E-state index contributed by atoms with van der Waals surface area (Å²) in [5, 5.41) is 0.540. The highest BCUT2D eigenvalue weighted by Gasteiger charge is 2.30. The van der Waals surface area contributed by atoms with Crippen molar-refractivity contribution in [1.82, 2.24) is 9.55 Å².